The molecule has 1 aromatic heterocycles. The van der Waals surface area contributed by atoms with Crippen LogP contribution in [0.2, 0.25) is 0 Å². The zero-order chi connectivity index (χ0) is 12.3. The number of aryl methyl sites for hydroxylation is 1. The first-order valence-electron chi connectivity index (χ1n) is 5.51. The molecule has 0 aliphatic heterocycles. The van der Waals surface area contributed by atoms with Crippen molar-refractivity contribution < 1.29 is 9.21 Å². The topological polar surface area (TPSA) is 33.5 Å². The highest BCUT2D eigenvalue weighted by Gasteiger charge is 2.05. The van der Waals surface area contributed by atoms with Gasteiger partial charge in [-0.1, -0.05) is 0 Å². The molecule has 1 aromatic carbocycles. The van der Waals surface area contributed by atoms with Gasteiger partial charge in [-0.25, -0.2) is 0 Å². The molecule has 0 spiro atoms. The van der Waals surface area contributed by atoms with Crippen LogP contribution >= 0.6 is 0 Å². The maximum Gasteiger partial charge on any atom is 0.150 e. The van der Waals surface area contributed by atoms with Crippen molar-refractivity contribution in [1.82, 2.24) is 0 Å². The zero-order valence-electron chi connectivity index (χ0n) is 10.0. The van der Waals surface area contributed by atoms with E-state index in [2.05, 4.69) is 4.90 Å². The highest BCUT2D eigenvalue weighted by molar-refractivity contribution is 5.75. The molecule has 3 heteroatoms. The van der Waals surface area contributed by atoms with Gasteiger partial charge in [0.2, 0.25) is 0 Å². The SMILES string of the molecule is Cc1ccc(CN(C)c2ccc(C=O)cc2)o1. The molecule has 0 saturated heterocycles. The lowest BCUT2D eigenvalue weighted by Crippen LogP contribution is -2.15. The molecule has 0 unspecified atom stereocenters. The lowest BCUT2D eigenvalue weighted by Gasteiger charge is -2.17. The average Bonchev–Trinajstić information content (AvgIpc) is 2.75. The Morgan fingerprint density at radius 2 is 1.88 bits per heavy atom. The monoisotopic (exact) mass is 229 g/mol. The molecule has 0 radical (unpaired) electrons. The number of nitrogens with zero attached hydrogens (tertiary/aromatic N) is 1. The summed E-state index contributed by atoms with van der Waals surface area (Å²) in [5, 5.41) is 0. The molecule has 3 nitrogen and oxygen atoms in total. The minimum Gasteiger partial charge on any atom is -0.464 e. The van der Waals surface area contributed by atoms with Gasteiger partial charge in [0.25, 0.3) is 0 Å². The minimum atomic E-state index is 0.691. The molecule has 0 bridgehead atoms. The first kappa shape index (κ1) is 11.5. The number of rotatable bonds is 4. The third kappa shape index (κ3) is 2.75. The Balaban J connectivity index is 2.08. The van der Waals surface area contributed by atoms with Crippen molar-refractivity contribution in [1.29, 1.82) is 0 Å². The third-order valence-corrected chi connectivity index (χ3v) is 2.66. The fraction of sp³-hybridized carbons (Fsp3) is 0.214. The van der Waals surface area contributed by atoms with E-state index >= 15 is 0 Å². The Morgan fingerprint density at radius 1 is 1.18 bits per heavy atom. The lowest BCUT2D eigenvalue weighted by molar-refractivity contribution is 0.112. The van der Waals surface area contributed by atoms with Crippen molar-refractivity contribution >= 4 is 12.0 Å². The molecule has 0 aliphatic rings. The van der Waals surface area contributed by atoms with Gasteiger partial charge in [0, 0.05) is 18.3 Å². The number of hydrogen-bond acceptors (Lipinski definition) is 3. The highest BCUT2D eigenvalue weighted by Crippen LogP contribution is 2.17. The highest BCUT2D eigenvalue weighted by atomic mass is 16.3. The number of hydrogen-bond donors (Lipinski definition) is 0. The summed E-state index contributed by atoms with van der Waals surface area (Å²) >= 11 is 0. The second-order valence-corrected chi connectivity index (χ2v) is 4.08. The standard InChI is InChI=1S/C14H15NO2/c1-11-3-8-14(17-11)9-15(2)13-6-4-12(10-16)5-7-13/h3-8,10H,9H2,1-2H3. The molecule has 2 aromatic rings. The van der Waals surface area contributed by atoms with Crippen molar-refractivity contribution in [2.75, 3.05) is 11.9 Å². The van der Waals surface area contributed by atoms with Gasteiger partial charge in [-0.05, 0) is 43.3 Å². The van der Waals surface area contributed by atoms with Gasteiger partial charge in [0.15, 0.2) is 0 Å². The van der Waals surface area contributed by atoms with Gasteiger partial charge < -0.3 is 9.32 Å². The van der Waals surface area contributed by atoms with E-state index in [0.717, 1.165) is 23.5 Å². The Hall–Kier alpha value is -2.03. The van der Waals surface area contributed by atoms with Crippen LogP contribution in [0.4, 0.5) is 5.69 Å². The first-order chi connectivity index (χ1) is 8.19. The third-order valence-electron chi connectivity index (χ3n) is 2.66. The van der Waals surface area contributed by atoms with E-state index in [1.54, 1.807) is 0 Å². The number of benzene rings is 1. The number of anilines is 1. The van der Waals surface area contributed by atoms with Crippen LogP contribution in [-0.2, 0) is 6.54 Å². The van der Waals surface area contributed by atoms with E-state index in [4.69, 9.17) is 4.42 Å². The van der Waals surface area contributed by atoms with Crippen LogP contribution in [-0.4, -0.2) is 13.3 Å². The van der Waals surface area contributed by atoms with Crippen LogP contribution in [0.25, 0.3) is 0 Å². The Kier molecular flexibility index (Phi) is 3.28. The van der Waals surface area contributed by atoms with Crippen molar-refractivity contribution in [2.45, 2.75) is 13.5 Å². The molecule has 0 aliphatic carbocycles. The molecule has 0 N–H and O–H groups in total. The average molecular weight is 229 g/mol. The molecular weight excluding hydrogens is 214 g/mol. The molecule has 0 atom stereocenters. The van der Waals surface area contributed by atoms with E-state index in [9.17, 15) is 4.79 Å². The van der Waals surface area contributed by atoms with Gasteiger partial charge in [-0.15, -0.1) is 0 Å². The first-order valence-corrected chi connectivity index (χ1v) is 5.51. The van der Waals surface area contributed by atoms with Gasteiger partial charge in [-0.3, -0.25) is 4.79 Å². The van der Waals surface area contributed by atoms with Gasteiger partial charge in [0.1, 0.15) is 17.8 Å². The van der Waals surface area contributed by atoms with E-state index < -0.39 is 0 Å². The lowest BCUT2D eigenvalue weighted by atomic mass is 10.2. The summed E-state index contributed by atoms with van der Waals surface area (Å²) in [7, 11) is 1.99. The van der Waals surface area contributed by atoms with Crippen LogP contribution in [0.3, 0.4) is 0 Å². The normalized spacial score (nSPS) is 10.2. The number of carbonyl (C=O) groups is 1. The van der Waals surface area contributed by atoms with Gasteiger partial charge in [0.05, 0.1) is 6.54 Å². The smallest absolute Gasteiger partial charge is 0.150 e. The predicted molar refractivity (Wildman–Crippen MR) is 67.4 cm³/mol. The van der Waals surface area contributed by atoms with Crippen molar-refractivity contribution in [2.24, 2.45) is 0 Å². The zero-order valence-corrected chi connectivity index (χ0v) is 10.0. The number of carbonyl (C=O) groups excluding carboxylic acids is 1. The summed E-state index contributed by atoms with van der Waals surface area (Å²) in [4.78, 5) is 12.6. The van der Waals surface area contributed by atoms with Crippen molar-refractivity contribution in [3.8, 4) is 0 Å². The van der Waals surface area contributed by atoms with E-state index in [0.29, 0.717) is 12.1 Å². The molecular formula is C14H15NO2. The summed E-state index contributed by atoms with van der Waals surface area (Å²) in [5.74, 6) is 1.86. The molecule has 1 heterocycles. The molecule has 2 rings (SSSR count). The number of aldehydes is 1. The molecule has 88 valence electrons. The predicted octanol–water partition coefficient (Wildman–Crippen LogP) is 3.04. The molecule has 17 heavy (non-hydrogen) atoms. The van der Waals surface area contributed by atoms with Crippen molar-refractivity contribution in [3.63, 3.8) is 0 Å². The van der Waals surface area contributed by atoms with Crippen LogP contribution in [0.15, 0.2) is 40.8 Å². The van der Waals surface area contributed by atoms with Crippen LogP contribution in [0.5, 0.6) is 0 Å². The Bertz CT molecular complexity index is 499. The molecule has 0 fully saturated rings. The maximum absolute atomic E-state index is 10.6. The summed E-state index contributed by atoms with van der Waals surface area (Å²) in [6, 6.07) is 11.4. The maximum atomic E-state index is 10.6. The van der Waals surface area contributed by atoms with Crippen LogP contribution in [0.1, 0.15) is 21.9 Å². The van der Waals surface area contributed by atoms with Crippen LogP contribution < -0.4 is 4.90 Å². The fourth-order valence-corrected chi connectivity index (χ4v) is 1.70. The quantitative estimate of drug-likeness (QED) is 0.755. The number of furan rings is 1. The summed E-state index contributed by atoms with van der Waals surface area (Å²) in [6.45, 7) is 2.65. The van der Waals surface area contributed by atoms with E-state index in [1.165, 1.54) is 0 Å². The Morgan fingerprint density at radius 3 is 2.41 bits per heavy atom. The summed E-state index contributed by atoms with van der Waals surface area (Å²) < 4.78 is 5.52. The Labute approximate surface area is 101 Å². The fourth-order valence-electron chi connectivity index (χ4n) is 1.70. The second-order valence-electron chi connectivity index (χ2n) is 4.08. The van der Waals surface area contributed by atoms with E-state index in [-0.39, 0.29) is 0 Å². The van der Waals surface area contributed by atoms with Gasteiger partial charge >= 0.3 is 0 Å². The second kappa shape index (κ2) is 4.87. The van der Waals surface area contributed by atoms with Crippen LogP contribution in [0, 0.1) is 6.92 Å². The minimum absolute atomic E-state index is 0.691. The summed E-state index contributed by atoms with van der Waals surface area (Å²) in [6.07, 6.45) is 0.847. The largest absolute Gasteiger partial charge is 0.464 e. The van der Waals surface area contributed by atoms with Gasteiger partial charge in [-0.2, -0.15) is 0 Å². The molecule has 0 saturated carbocycles. The van der Waals surface area contributed by atoms with Crippen molar-refractivity contribution in [3.05, 3.63) is 53.5 Å². The summed E-state index contributed by atoms with van der Waals surface area (Å²) in [5.41, 5.74) is 1.75. The van der Waals surface area contributed by atoms with E-state index in [1.807, 2.05) is 50.4 Å². The molecule has 0 amide bonds.